The molecular weight excluding hydrogens is 250 g/mol. The number of nitrogens with two attached hydrogens (primary N) is 1. The van der Waals surface area contributed by atoms with Gasteiger partial charge >= 0.3 is 0 Å². The average molecular weight is 275 g/mol. The molecule has 2 rings (SSSR count). The Morgan fingerprint density at radius 1 is 1.50 bits per heavy atom. The molecule has 4 heteroatoms. The number of nitrogens with zero attached hydrogens (tertiary/aromatic N) is 1. The van der Waals surface area contributed by atoms with E-state index in [0.717, 1.165) is 43.6 Å². The van der Waals surface area contributed by atoms with Gasteiger partial charge in [0, 0.05) is 18.3 Å². The van der Waals surface area contributed by atoms with Crippen molar-refractivity contribution in [2.75, 3.05) is 25.0 Å². The van der Waals surface area contributed by atoms with E-state index in [4.69, 9.17) is 5.73 Å². The topological polar surface area (TPSA) is 58.4 Å². The second-order valence-corrected chi connectivity index (χ2v) is 5.65. The zero-order valence-corrected chi connectivity index (χ0v) is 12.5. The maximum absolute atomic E-state index is 12.2. The second kappa shape index (κ2) is 6.86. The van der Waals surface area contributed by atoms with Crippen molar-refractivity contribution in [1.29, 1.82) is 0 Å². The molecule has 1 unspecified atom stereocenters. The lowest BCUT2D eigenvalue weighted by Gasteiger charge is -2.30. The number of anilines is 1. The summed E-state index contributed by atoms with van der Waals surface area (Å²) in [6.07, 6.45) is 3.07. The van der Waals surface area contributed by atoms with Crippen molar-refractivity contribution >= 4 is 11.6 Å². The van der Waals surface area contributed by atoms with E-state index in [2.05, 4.69) is 23.2 Å². The summed E-state index contributed by atoms with van der Waals surface area (Å²) in [4.78, 5) is 14.4. The van der Waals surface area contributed by atoms with Crippen LogP contribution in [0.1, 0.15) is 30.9 Å². The van der Waals surface area contributed by atoms with Gasteiger partial charge in [0.2, 0.25) is 5.91 Å². The largest absolute Gasteiger partial charge is 0.327 e. The predicted molar refractivity (Wildman–Crippen MR) is 82.8 cm³/mol. The van der Waals surface area contributed by atoms with E-state index in [9.17, 15) is 4.79 Å². The number of carbonyl (C=O) groups excluding carboxylic acids is 1. The molecule has 110 valence electrons. The van der Waals surface area contributed by atoms with Crippen LogP contribution in [0.15, 0.2) is 18.2 Å². The molecule has 1 amide bonds. The molecule has 1 aliphatic heterocycles. The van der Waals surface area contributed by atoms with Gasteiger partial charge in [0.25, 0.3) is 0 Å². The van der Waals surface area contributed by atoms with Crippen molar-refractivity contribution in [1.82, 2.24) is 4.90 Å². The highest BCUT2D eigenvalue weighted by atomic mass is 16.2. The van der Waals surface area contributed by atoms with Crippen LogP contribution < -0.4 is 11.1 Å². The lowest BCUT2D eigenvalue weighted by Crippen LogP contribution is -2.45. The molecule has 20 heavy (non-hydrogen) atoms. The quantitative estimate of drug-likeness (QED) is 0.882. The van der Waals surface area contributed by atoms with E-state index in [0.29, 0.717) is 6.54 Å². The first-order valence-electron chi connectivity index (χ1n) is 7.46. The summed E-state index contributed by atoms with van der Waals surface area (Å²) in [6.45, 7) is 6.36. The highest BCUT2D eigenvalue weighted by Gasteiger charge is 2.19. The minimum Gasteiger partial charge on any atom is -0.327 e. The third-order valence-electron chi connectivity index (χ3n) is 3.91. The maximum Gasteiger partial charge on any atom is 0.238 e. The van der Waals surface area contributed by atoms with Gasteiger partial charge in [0.05, 0.1) is 6.54 Å². The van der Waals surface area contributed by atoms with Gasteiger partial charge in [-0.15, -0.1) is 0 Å². The number of carbonyl (C=O) groups is 1. The van der Waals surface area contributed by atoms with Crippen LogP contribution in [0.3, 0.4) is 0 Å². The Balaban J connectivity index is 1.98. The van der Waals surface area contributed by atoms with Crippen molar-refractivity contribution in [3.05, 3.63) is 29.3 Å². The van der Waals surface area contributed by atoms with Crippen LogP contribution in [0.2, 0.25) is 0 Å². The molecule has 1 aliphatic rings. The van der Waals surface area contributed by atoms with Crippen molar-refractivity contribution in [3.8, 4) is 0 Å². The fourth-order valence-corrected chi connectivity index (χ4v) is 2.82. The minimum absolute atomic E-state index is 0.0584. The lowest BCUT2D eigenvalue weighted by molar-refractivity contribution is -0.117. The summed E-state index contributed by atoms with van der Waals surface area (Å²) >= 11 is 0. The van der Waals surface area contributed by atoms with E-state index >= 15 is 0 Å². The minimum atomic E-state index is 0.0584. The number of nitrogens with one attached hydrogen (secondary N) is 1. The second-order valence-electron chi connectivity index (χ2n) is 5.65. The van der Waals surface area contributed by atoms with Crippen LogP contribution in [0.4, 0.5) is 5.69 Å². The van der Waals surface area contributed by atoms with Gasteiger partial charge in [0.15, 0.2) is 0 Å². The van der Waals surface area contributed by atoms with E-state index in [-0.39, 0.29) is 11.9 Å². The van der Waals surface area contributed by atoms with Crippen LogP contribution in [0, 0.1) is 6.92 Å². The normalized spacial score (nSPS) is 19.9. The first-order chi connectivity index (χ1) is 9.60. The molecule has 1 atom stereocenters. The molecule has 0 radical (unpaired) electrons. The van der Waals surface area contributed by atoms with Gasteiger partial charge in [-0.2, -0.15) is 0 Å². The van der Waals surface area contributed by atoms with E-state index in [1.165, 1.54) is 5.56 Å². The standard InChI is InChI=1S/C16H25N3O/c1-3-13-7-4-6-12(2)16(13)18-15(20)11-19-9-5-8-14(17)10-19/h4,6-7,14H,3,5,8-11,17H2,1-2H3,(H,18,20). The molecule has 1 aromatic carbocycles. The Labute approximate surface area is 121 Å². The Kier molecular flexibility index (Phi) is 5.15. The summed E-state index contributed by atoms with van der Waals surface area (Å²) in [5.41, 5.74) is 9.23. The van der Waals surface area contributed by atoms with Gasteiger partial charge < -0.3 is 11.1 Å². The van der Waals surface area contributed by atoms with Crippen molar-refractivity contribution in [2.45, 2.75) is 39.2 Å². The number of aryl methyl sites for hydroxylation is 2. The third-order valence-corrected chi connectivity index (χ3v) is 3.91. The van der Waals surface area contributed by atoms with Crippen LogP contribution in [-0.2, 0) is 11.2 Å². The molecule has 0 aliphatic carbocycles. The zero-order valence-electron chi connectivity index (χ0n) is 12.5. The van der Waals surface area contributed by atoms with E-state index < -0.39 is 0 Å². The number of benzene rings is 1. The molecule has 0 bridgehead atoms. The first-order valence-corrected chi connectivity index (χ1v) is 7.46. The fourth-order valence-electron chi connectivity index (χ4n) is 2.82. The Hall–Kier alpha value is -1.39. The van der Waals surface area contributed by atoms with Gasteiger partial charge in [-0.3, -0.25) is 9.69 Å². The summed E-state index contributed by atoms with van der Waals surface area (Å²) in [5.74, 6) is 0.0584. The lowest BCUT2D eigenvalue weighted by atomic mass is 10.1. The van der Waals surface area contributed by atoms with Crippen LogP contribution >= 0.6 is 0 Å². The monoisotopic (exact) mass is 275 g/mol. The average Bonchev–Trinajstić information content (AvgIpc) is 2.41. The summed E-state index contributed by atoms with van der Waals surface area (Å²) in [6, 6.07) is 6.35. The highest BCUT2D eigenvalue weighted by molar-refractivity contribution is 5.93. The molecule has 1 saturated heterocycles. The fraction of sp³-hybridized carbons (Fsp3) is 0.562. The first kappa shape index (κ1) is 15.0. The number of amides is 1. The molecule has 0 spiro atoms. The number of piperidine rings is 1. The number of para-hydroxylation sites is 1. The molecular formula is C16H25N3O. The zero-order chi connectivity index (χ0) is 14.5. The third kappa shape index (κ3) is 3.81. The Morgan fingerprint density at radius 2 is 2.30 bits per heavy atom. The van der Waals surface area contributed by atoms with Crippen LogP contribution in [0.5, 0.6) is 0 Å². The molecule has 4 nitrogen and oxygen atoms in total. The smallest absolute Gasteiger partial charge is 0.238 e. The van der Waals surface area contributed by atoms with Gasteiger partial charge in [-0.05, 0) is 43.9 Å². The molecule has 3 N–H and O–H groups in total. The Morgan fingerprint density at radius 3 is 3.00 bits per heavy atom. The molecule has 1 heterocycles. The van der Waals surface area contributed by atoms with E-state index in [1.54, 1.807) is 0 Å². The molecule has 0 aromatic heterocycles. The summed E-state index contributed by atoms with van der Waals surface area (Å²) in [7, 11) is 0. The number of hydrogen-bond donors (Lipinski definition) is 2. The van der Waals surface area contributed by atoms with Crippen LogP contribution in [0.25, 0.3) is 0 Å². The van der Waals surface area contributed by atoms with Gasteiger partial charge in [-0.1, -0.05) is 25.1 Å². The predicted octanol–water partition coefficient (Wildman–Crippen LogP) is 1.92. The maximum atomic E-state index is 12.2. The van der Waals surface area contributed by atoms with Gasteiger partial charge in [-0.25, -0.2) is 0 Å². The van der Waals surface area contributed by atoms with Gasteiger partial charge in [0.1, 0.15) is 0 Å². The van der Waals surface area contributed by atoms with Crippen molar-refractivity contribution < 1.29 is 4.79 Å². The van der Waals surface area contributed by atoms with Crippen LogP contribution in [-0.4, -0.2) is 36.5 Å². The molecule has 0 saturated carbocycles. The summed E-state index contributed by atoms with van der Waals surface area (Å²) < 4.78 is 0. The highest BCUT2D eigenvalue weighted by Crippen LogP contribution is 2.21. The molecule has 1 fully saturated rings. The SMILES string of the molecule is CCc1cccc(C)c1NC(=O)CN1CCCC(N)C1. The van der Waals surface area contributed by atoms with Crippen molar-refractivity contribution in [2.24, 2.45) is 5.73 Å². The Bertz CT molecular complexity index is 473. The van der Waals surface area contributed by atoms with E-state index in [1.807, 2.05) is 19.1 Å². The molecule has 1 aromatic rings. The number of hydrogen-bond acceptors (Lipinski definition) is 3. The number of likely N-dealkylation sites (tertiary alicyclic amines) is 1. The summed E-state index contributed by atoms with van der Waals surface area (Å²) in [5, 5.41) is 3.07. The number of rotatable bonds is 4. The van der Waals surface area contributed by atoms with Crippen molar-refractivity contribution in [3.63, 3.8) is 0 Å².